The molecule has 2 nitrogen and oxygen atoms in total. The predicted molar refractivity (Wildman–Crippen MR) is 51.4 cm³/mol. The van der Waals surface area contributed by atoms with Crippen molar-refractivity contribution in [1.82, 2.24) is 0 Å². The van der Waals surface area contributed by atoms with Crippen LogP contribution in [0.4, 0.5) is 0 Å². The van der Waals surface area contributed by atoms with E-state index in [0.29, 0.717) is 0 Å². The Bertz CT molecular complexity index is 307. The molecular weight excluding hydrogens is 164 g/mol. The highest BCUT2D eigenvalue weighted by Gasteiger charge is 2.15. The highest BCUT2D eigenvalue weighted by atomic mass is 16.5. The lowest BCUT2D eigenvalue weighted by Gasteiger charge is -2.11. The first-order valence-corrected chi connectivity index (χ1v) is 4.66. The van der Waals surface area contributed by atoms with Gasteiger partial charge in [-0.15, -0.1) is 0 Å². The van der Waals surface area contributed by atoms with Gasteiger partial charge in [-0.2, -0.15) is 0 Å². The molecule has 2 rings (SSSR count). The Balaban J connectivity index is 2.39. The molecule has 0 amide bonds. The van der Waals surface area contributed by atoms with Crippen molar-refractivity contribution in [2.45, 2.75) is 26.4 Å². The molecule has 0 fully saturated rings. The summed E-state index contributed by atoms with van der Waals surface area (Å²) in [7, 11) is 0. The molecule has 0 radical (unpaired) electrons. The number of hydrogen-bond acceptors (Lipinski definition) is 2. The molecule has 0 saturated carbocycles. The zero-order valence-electron chi connectivity index (χ0n) is 8.04. The van der Waals surface area contributed by atoms with E-state index in [1.54, 1.807) is 0 Å². The van der Waals surface area contributed by atoms with Gasteiger partial charge in [0.05, 0.1) is 12.7 Å². The minimum Gasteiger partial charge on any atom is -0.489 e. The van der Waals surface area contributed by atoms with Gasteiger partial charge in [-0.3, -0.25) is 0 Å². The van der Waals surface area contributed by atoms with Crippen LogP contribution < -0.4 is 9.47 Å². The highest BCUT2D eigenvalue weighted by molar-refractivity contribution is 5.46. The van der Waals surface area contributed by atoms with Crippen LogP contribution in [0.1, 0.15) is 18.9 Å². The molecule has 0 spiro atoms. The Kier molecular flexibility index (Phi) is 2.13. The fourth-order valence-corrected chi connectivity index (χ4v) is 1.51. The van der Waals surface area contributed by atoms with Gasteiger partial charge in [0.25, 0.3) is 0 Å². The summed E-state index contributed by atoms with van der Waals surface area (Å²) in [5.41, 5.74) is 1.14. The molecule has 1 aromatic carbocycles. The van der Waals surface area contributed by atoms with E-state index in [9.17, 15) is 0 Å². The molecule has 13 heavy (non-hydrogen) atoms. The van der Waals surface area contributed by atoms with Gasteiger partial charge >= 0.3 is 0 Å². The van der Waals surface area contributed by atoms with Crippen molar-refractivity contribution in [1.29, 1.82) is 0 Å². The maximum absolute atomic E-state index is 5.71. The topological polar surface area (TPSA) is 18.5 Å². The fourth-order valence-electron chi connectivity index (χ4n) is 1.51. The van der Waals surface area contributed by atoms with Crippen LogP contribution >= 0.6 is 0 Å². The summed E-state index contributed by atoms with van der Waals surface area (Å²) in [4.78, 5) is 0. The van der Waals surface area contributed by atoms with Crippen molar-refractivity contribution in [3.8, 4) is 11.5 Å². The van der Waals surface area contributed by atoms with Crippen LogP contribution in [0.3, 0.4) is 0 Å². The summed E-state index contributed by atoms with van der Waals surface area (Å²) in [6.07, 6.45) is 1.21. The van der Waals surface area contributed by atoms with Gasteiger partial charge in [0, 0.05) is 6.42 Å². The van der Waals surface area contributed by atoms with Gasteiger partial charge in [-0.1, -0.05) is 12.1 Å². The molecule has 1 heterocycles. The van der Waals surface area contributed by atoms with E-state index < -0.39 is 0 Å². The van der Waals surface area contributed by atoms with E-state index >= 15 is 0 Å². The van der Waals surface area contributed by atoms with E-state index in [1.165, 1.54) is 0 Å². The summed E-state index contributed by atoms with van der Waals surface area (Å²) < 4.78 is 11.3. The first kappa shape index (κ1) is 8.42. The third-order valence-electron chi connectivity index (χ3n) is 2.27. The van der Waals surface area contributed by atoms with E-state index in [4.69, 9.17) is 9.47 Å². The van der Waals surface area contributed by atoms with E-state index in [-0.39, 0.29) is 6.10 Å². The standard InChI is InChI=1S/C11H14O2/c1-8-4-3-5-10-11(8)12-7-6-9(2)13-10/h3-5,9H,6-7H2,1-2H3. The second-order valence-electron chi connectivity index (χ2n) is 3.47. The maximum Gasteiger partial charge on any atom is 0.164 e. The second-order valence-corrected chi connectivity index (χ2v) is 3.47. The van der Waals surface area contributed by atoms with Gasteiger partial charge < -0.3 is 9.47 Å². The molecular formula is C11H14O2. The van der Waals surface area contributed by atoms with Crippen LogP contribution in [-0.4, -0.2) is 12.7 Å². The molecule has 0 aromatic heterocycles. The molecule has 0 aliphatic carbocycles. The van der Waals surface area contributed by atoms with Crippen molar-refractivity contribution in [3.63, 3.8) is 0 Å². The van der Waals surface area contributed by atoms with Crippen molar-refractivity contribution in [2.24, 2.45) is 0 Å². The van der Waals surface area contributed by atoms with E-state index in [0.717, 1.165) is 30.1 Å². The van der Waals surface area contributed by atoms with Crippen molar-refractivity contribution < 1.29 is 9.47 Å². The summed E-state index contributed by atoms with van der Waals surface area (Å²) in [6.45, 7) is 4.86. The number of fused-ring (bicyclic) bond motifs is 1. The third kappa shape index (κ3) is 1.62. The first-order chi connectivity index (χ1) is 6.27. The minimum atomic E-state index is 0.253. The molecule has 1 aliphatic heterocycles. The number of ether oxygens (including phenoxy) is 2. The van der Waals surface area contributed by atoms with E-state index in [1.807, 2.05) is 25.1 Å². The van der Waals surface area contributed by atoms with Gasteiger partial charge in [-0.05, 0) is 25.5 Å². The summed E-state index contributed by atoms with van der Waals surface area (Å²) in [6, 6.07) is 6.00. The zero-order valence-corrected chi connectivity index (χ0v) is 8.04. The largest absolute Gasteiger partial charge is 0.489 e. The lowest BCUT2D eigenvalue weighted by atomic mass is 10.2. The number of para-hydroxylation sites is 1. The minimum absolute atomic E-state index is 0.253. The highest BCUT2D eigenvalue weighted by Crippen LogP contribution is 2.33. The molecule has 1 aliphatic rings. The Hall–Kier alpha value is -1.18. The first-order valence-electron chi connectivity index (χ1n) is 4.66. The molecule has 70 valence electrons. The normalized spacial score (nSPS) is 20.9. The Morgan fingerprint density at radius 1 is 1.38 bits per heavy atom. The number of benzene rings is 1. The summed E-state index contributed by atoms with van der Waals surface area (Å²) in [5.74, 6) is 1.79. The Morgan fingerprint density at radius 2 is 2.23 bits per heavy atom. The van der Waals surface area contributed by atoms with Crippen LogP contribution in [-0.2, 0) is 0 Å². The molecule has 0 bridgehead atoms. The fraction of sp³-hybridized carbons (Fsp3) is 0.455. The third-order valence-corrected chi connectivity index (χ3v) is 2.27. The molecule has 2 heteroatoms. The number of hydrogen-bond donors (Lipinski definition) is 0. The second kappa shape index (κ2) is 3.29. The van der Waals surface area contributed by atoms with Crippen molar-refractivity contribution in [3.05, 3.63) is 23.8 Å². The van der Waals surface area contributed by atoms with Crippen LogP contribution in [0.15, 0.2) is 18.2 Å². The molecule has 1 aromatic rings. The summed E-state index contributed by atoms with van der Waals surface area (Å²) in [5, 5.41) is 0. The van der Waals surface area contributed by atoms with Gasteiger partial charge in [0.2, 0.25) is 0 Å². The molecule has 0 N–H and O–H groups in total. The molecule has 0 saturated heterocycles. The van der Waals surface area contributed by atoms with Crippen LogP contribution in [0.5, 0.6) is 11.5 Å². The smallest absolute Gasteiger partial charge is 0.164 e. The van der Waals surface area contributed by atoms with E-state index in [2.05, 4.69) is 6.92 Å². The van der Waals surface area contributed by atoms with Gasteiger partial charge in [0.1, 0.15) is 0 Å². The van der Waals surface area contributed by atoms with Crippen LogP contribution in [0.2, 0.25) is 0 Å². The van der Waals surface area contributed by atoms with Crippen LogP contribution in [0, 0.1) is 6.92 Å². The average molecular weight is 178 g/mol. The lowest BCUT2D eigenvalue weighted by molar-refractivity contribution is 0.210. The quantitative estimate of drug-likeness (QED) is 0.607. The number of rotatable bonds is 0. The zero-order chi connectivity index (χ0) is 9.26. The van der Waals surface area contributed by atoms with Crippen molar-refractivity contribution in [2.75, 3.05) is 6.61 Å². The average Bonchev–Trinajstić information content (AvgIpc) is 2.27. The Labute approximate surface area is 78.5 Å². The SMILES string of the molecule is Cc1cccc2c1OCCC(C)O2. The number of aryl methyl sites for hydroxylation is 1. The Morgan fingerprint density at radius 3 is 3.08 bits per heavy atom. The maximum atomic E-state index is 5.71. The predicted octanol–water partition coefficient (Wildman–Crippen LogP) is 2.54. The molecule has 1 atom stereocenters. The van der Waals surface area contributed by atoms with Gasteiger partial charge in [0.15, 0.2) is 11.5 Å². The monoisotopic (exact) mass is 178 g/mol. The lowest BCUT2D eigenvalue weighted by Crippen LogP contribution is -2.11. The van der Waals surface area contributed by atoms with Crippen molar-refractivity contribution >= 4 is 0 Å². The van der Waals surface area contributed by atoms with Crippen LogP contribution in [0.25, 0.3) is 0 Å². The summed E-state index contributed by atoms with van der Waals surface area (Å²) >= 11 is 0. The van der Waals surface area contributed by atoms with Gasteiger partial charge in [-0.25, -0.2) is 0 Å². The molecule has 1 unspecified atom stereocenters.